The Balaban J connectivity index is 4.38. The van der Waals surface area contributed by atoms with E-state index < -0.39 is 26.6 Å². The predicted octanol–water partition coefficient (Wildman–Crippen LogP) is 14.5. The maximum absolute atomic E-state index is 12.9. The lowest BCUT2D eigenvalue weighted by Gasteiger charge is -2.29. The number of hydrogen-bond donors (Lipinski definition) is 2. The predicted molar refractivity (Wildman–Crippen MR) is 270 cm³/mol. The summed E-state index contributed by atoms with van der Waals surface area (Å²) >= 11 is 0. The first-order valence-corrected chi connectivity index (χ1v) is 27.3. The van der Waals surface area contributed by atoms with Gasteiger partial charge in [-0.25, -0.2) is 0 Å². The number of nitrogens with one attached hydrogen (secondary N) is 1. The topological polar surface area (TPSA) is 108 Å². The molecule has 366 valence electrons. The Labute approximate surface area is 389 Å². The molecule has 0 aliphatic heterocycles. The molecular formula is C54H99N2O6P. The Hall–Kier alpha value is -2.06. The van der Waals surface area contributed by atoms with Crippen molar-refractivity contribution in [3.63, 3.8) is 0 Å². The molecule has 0 aliphatic carbocycles. The van der Waals surface area contributed by atoms with Crippen molar-refractivity contribution in [1.82, 2.24) is 5.32 Å². The Bertz CT molecular complexity index is 1250. The van der Waals surface area contributed by atoms with Gasteiger partial charge in [0.2, 0.25) is 5.91 Å². The van der Waals surface area contributed by atoms with Gasteiger partial charge in [-0.3, -0.25) is 9.36 Å². The van der Waals surface area contributed by atoms with Gasteiger partial charge in [-0.2, -0.15) is 0 Å². The van der Waals surface area contributed by atoms with Crippen LogP contribution in [0.2, 0.25) is 0 Å². The normalized spacial score (nSPS) is 14.7. The van der Waals surface area contributed by atoms with Gasteiger partial charge in [0, 0.05) is 6.42 Å². The number of unbranched alkanes of at least 4 members (excludes halogenated alkanes) is 23. The Morgan fingerprint density at radius 3 is 1.41 bits per heavy atom. The molecule has 9 heteroatoms. The molecule has 0 bridgehead atoms. The minimum absolute atomic E-state index is 0.0111. The zero-order chi connectivity index (χ0) is 46.4. The van der Waals surface area contributed by atoms with Gasteiger partial charge in [-0.15, -0.1) is 0 Å². The summed E-state index contributed by atoms with van der Waals surface area (Å²) in [6.45, 7) is 4.51. The molecule has 0 saturated heterocycles. The van der Waals surface area contributed by atoms with Gasteiger partial charge in [0.05, 0.1) is 39.9 Å². The Morgan fingerprint density at radius 2 is 0.968 bits per heavy atom. The molecule has 0 rings (SSSR count). The van der Waals surface area contributed by atoms with E-state index in [1.807, 2.05) is 27.2 Å². The fourth-order valence-corrected chi connectivity index (χ4v) is 7.84. The smallest absolute Gasteiger partial charge is 0.268 e. The average Bonchev–Trinajstić information content (AvgIpc) is 3.24. The molecule has 0 radical (unpaired) electrons. The van der Waals surface area contributed by atoms with Crippen molar-refractivity contribution in [3.8, 4) is 0 Å². The second kappa shape index (κ2) is 45.1. The van der Waals surface area contributed by atoms with Crippen molar-refractivity contribution < 1.29 is 32.9 Å². The number of rotatable bonds is 46. The molecule has 1 amide bonds. The van der Waals surface area contributed by atoms with Gasteiger partial charge in [0.1, 0.15) is 13.2 Å². The molecule has 0 heterocycles. The third-order valence-corrected chi connectivity index (χ3v) is 12.1. The number of phosphoric acid groups is 1. The van der Waals surface area contributed by atoms with Crippen molar-refractivity contribution in [3.05, 3.63) is 72.9 Å². The van der Waals surface area contributed by atoms with E-state index in [0.29, 0.717) is 23.9 Å². The molecule has 0 spiro atoms. The Kier molecular flexibility index (Phi) is 43.6. The highest BCUT2D eigenvalue weighted by molar-refractivity contribution is 7.45. The Morgan fingerprint density at radius 1 is 0.571 bits per heavy atom. The third kappa shape index (κ3) is 47.7. The van der Waals surface area contributed by atoms with Crippen LogP contribution in [0.1, 0.15) is 213 Å². The number of hydrogen-bond acceptors (Lipinski definition) is 6. The van der Waals surface area contributed by atoms with E-state index in [-0.39, 0.29) is 12.5 Å². The lowest BCUT2D eigenvalue weighted by atomic mass is 10.0. The summed E-state index contributed by atoms with van der Waals surface area (Å²) in [6.07, 6.45) is 61.0. The van der Waals surface area contributed by atoms with Crippen LogP contribution in [-0.4, -0.2) is 68.5 Å². The maximum atomic E-state index is 12.9. The van der Waals surface area contributed by atoms with Crippen LogP contribution in [-0.2, 0) is 18.4 Å². The van der Waals surface area contributed by atoms with Crippen LogP contribution in [0, 0.1) is 0 Å². The first-order chi connectivity index (χ1) is 30.5. The quantitative estimate of drug-likeness (QED) is 0.0273. The van der Waals surface area contributed by atoms with E-state index in [0.717, 1.165) is 70.6 Å². The van der Waals surface area contributed by atoms with E-state index in [4.69, 9.17) is 9.05 Å². The van der Waals surface area contributed by atoms with E-state index in [2.05, 4.69) is 79.9 Å². The van der Waals surface area contributed by atoms with Crippen LogP contribution in [0.4, 0.5) is 0 Å². The highest BCUT2D eigenvalue weighted by Gasteiger charge is 2.23. The molecule has 0 aliphatic rings. The molecule has 63 heavy (non-hydrogen) atoms. The molecule has 0 aromatic rings. The zero-order valence-electron chi connectivity index (χ0n) is 41.5. The lowest BCUT2D eigenvalue weighted by Crippen LogP contribution is -2.45. The number of amides is 1. The molecule has 0 saturated carbocycles. The largest absolute Gasteiger partial charge is 0.756 e. The first-order valence-electron chi connectivity index (χ1n) is 25.8. The molecule has 0 aromatic heterocycles. The summed E-state index contributed by atoms with van der Waals surface area (Å²) in [5.41, 5.74) is 0. The van der Waals surface area contributed by atoms with Crippen LogP contribution >= 0.6 is 7.82 Å². The fourth-order valence-electron chi connectivity index (χ4n) is 7.12. The van der Waals surface area contributed by atoms with Gasteiger partial charge < -0.3 is 28.8 Å². The second-order valence-corrected chi connectivity index (χ2v) is 19.9. The van der Waals surface area contributed by atoms with Crippen molar-refractivity contribution in [2.24, 2.45) is 0 Å². The summed E-state index contributed by atoms with van der Waals surface area (Å²) in [7, 11) is 1.23. The van der Waals surface area contributed by atoms with E-state index >= 15 is 0 Å². The molecule has 0 fully saturated rings. The van der Waals surface area contributed by atoms with Crippen molar-refractivity contribution in [1.29, 1.82) is 0 Å². The van der Waals surface area contributed by atoms with Gasteiger partial charge in [0.15, 0.2) is 0 Å². The summed E-state index contributed by atoms with van der Waals surface area (Å²) in [4.78, 5) is 25.4. The van der Waals surface area contributed by atoms with Gasteiger partial charge in [0.25, 0.3) is 7.82 Å². The fraction of sp³-hybridized carbons (Fsp3) is 0.759. The number of nitrogens with zero attached hydrogens (tertiary/aromatic N) is 1. The molecular weight excluding hydrogens is 804 g/mol. The van der Waals surface area contributed by atoms with Gasteiger partial charge >= 0.3 is 0 Å². The van der Waals surface area contributed by atoms with Crippen LogP contribution in [0.5, 0.6) is 0 Å². The molecule has 3 atom stereocenters. The number of aliphatic hydroxyl groups excluding tert-OH is 1. The number of likely N-dealkylation sites (N-methyl/N-ethyl adjacent to an activating group) is 1. The number of carbonyl (C=O) groups is 1. The number of phosphoric ester groups is 1. The number of quaternary nitrogens is 1. The summed E-state index contributed by atoms with van der Waals surface area (Å²) in [6, 6.07) is -0.908. The average molecular weight is 903 g/mol. The van der Waals surface area contributed by atoms with Crippen LogP contribution in [0.3, 0.4) is 0 Å². The summed E-state index contributed by atoms with van der Waals surface area (Å²) in [5, 5.41) is 13.8. The third-order valence-electron chi connectivity index (χ3n) is 11.2. The monoisotopic (exact) mass is 903 g/mol. The minimum Gasteiger partial charge on any atom is -0.756 e. The molecule has 2 N–H and O–H groups in total. The van der Waals surface area contributed by atoms with Crippen LogP contribution in [0.25, 0.3) is 0 Å². The number of carbonyl (C=O) groups excluding carboxylic acids is 1. The molecule has 8 nitrogen and oxygen atoms in total. The van der Waals surface area contributed by atoms with Gasteiger partial charge in [-0.1, -0.05) is 215 Å². The molecule has 0 aromatic carbocycles. The van der Waals surface area contributed by atoms with Crippen LogP contribution in [0.15, 0.2) is 72.9 Å². The first kappa shape index (κ1) is 60.9. The second-order valence-electron chi connectivity index (χ2n) is 18.5. The minimum atomic E-state index is -4.61. The maximum Gasteiger partial charge on any atom is 0.268 e. The number of aliphatic hydroxyl groups is 1. The standard InChI is InChI=1S/C54H99N2O6P/c1-6-8-10-12-14-16-18-20-22-24-26-27-28-30-31-33-35-37-39-41-43-45-47-53(57)52(51-62-63(59,60)61-50-49-56(3,4)5)55-54(58)48-46-44-42-40-38-36-34-32-29-25-23-21-19-17-15-13-11-9-7-2/h9,11,15,17,21,23,29,32,36,38,45,47,52-53,57H,6-8,10,12-14,16,18-20,22,24-28,30-31,33-35,37,39-44,46,48-51H2,1-5H3,(H-,55,58,59,60)/b11-9-,17-15-,23-21-,32-29-,38-36-,47-45+. The zero-order valence-corrected chi connectivity index (χ0v) is 42.4. The van der Waals surface area contributed by atoms with E-state index in [1.54, 1.807) is 6.08 Å². The van der Waals surface area contributed by atoms with Crippen molar-refractivity contribution in [2.75, 3.05) is 40.9 Å². The van der Waals surface area contributed by atoms with E-state index in [9.17, 15) is 19.4 Å². The summed E-state index contributed by atoms with van der Waals surface area (Å²) in [5.74, 6) is -0.230. The van der Waals surface area contributed by atoms with Crippen molar-refractivity contribution >= 4 is 13.7 Å². The highest BCUT2D eigenvalue weighted by atomic mass is 31.2. The van der Waals surface area contributed by atoms with Crippen molar-refractivity contribution in [2.45, 2.75) is 225 Å². The highest BCUT2D eigenvalue weighted by Crippen LogP contribution is 2.38. The van der Waals surface area contributed by atoms with Crippen LogP contribution < -0.4 is 10.2 Å². The van der Waals surface area contributed by atoms with E-state index in [1.165, 1.54) is 116 Å². The van der Waals surface area contributed by atoms with Gasteiger partial charge in [-0.05, 0) is 64.2 Å². The molecule has 3 unspecified atom stereocenters. The SMILES string of the molecule is CC/C=C\C/C=C\C/C=C\C/C=C\C/C=C\CCCCCC(=O)NC(COP(=O)([O-])OCC[N+](C)(C)C)C(O)/C=C/CCCCCCCCCCCCCCCCCCCCCC. The summed E-state index contributed by atoms with van der Waals surface area (Å²) < 4.78 is 23.3. The lowest BCUT2D eigenvalue weighted by molar-refractivity contribution is -0.870. The number of allylic oxidation sites excluding steroid dienone is 11.